The number of likely N-dealkylation sites (N-methyl/N-ethyl adjacent to an activating group) is 1. The highest BCUT2D eigenvalue weighted by Crippen LogP contribution is 2.25. The van der Waals surface area contributed by atoms with Gasteiger partial charge < -0.3 is 20.3 Å². The SMILES string of the molecule is COC(=O)C(Cc1ccc(C(=O)c2ccccc2)cc1)NC(=O)/C(C)=C/[C@H](C)N(C)C(=O)C(NC(=O)C1CCCCN1C(C)C)C(C)(C)C. The quantitative estimate of drug-likeness (QED) is 0.179. The molecule has 49 heavy (non-hydrogen) atoms. The van der Waals surface area contributed by atoms with Crippen LogP contribution >= 0.6 is 0 Å². The monoisotopic (exact) mass is 674 g/mol. The van der Waals surface area contributed by atoms with Gasteiger partial charge in [-0.3, -0.25) is 24.1 Å². The van der Waals surface area contributed by atoms with E-state index in [-0.39, 0.29) is 36.1 Å². The molecule has 266 valence electrons. The molecular formula is C39H54N4O6. The molecule has 1 heterocycles. The minimum absolute atomic E-state index is 0.110. The molecule has 0 radical (unpaired) electrons. The maximum atomic E-state index is 13.9. The van der Waals surface area contributed by atoms with Crippen molar-refractivity contribution in [1.82, 2.24) is 20.4 Å². The molecule has 0 aliphatic carbocycles. The van der Waals surface area contributed by atoms with Crippen molar-refractivity contribution in [1.29, 1.82) is 0 Å². The van der Waals surface area contributed by atoms with E-state index in [0.717, 1.165) is 31.4 Å². The molecule has 0 spiro atoms. The lowest BCUT2D eigenvalue weighted by atomic mass is 9.85. The van der Waals surface area contributed by atoms with Crippen LogP contribution in [0.4, 0.5) is 0 Å². The number of ether oxygens (including phenoxy) is 1. The maximum Gasteiger partial charge on any atom is 0.328 e. The van der Waals surface area contributed by atoms with Crippen molar-refractivity contribution in [3.8, 4) is 0 Å². The van der Waals surface area contributed by atoms with E-state index in [1.165, 1.54) is 12.0 Å². The summed E-state index contributed by atoms with van der Waals surface area (Å²) in [5.41, 5.74) is 1.58. The van der Waals surface area contributed by atoms with Gasteiger partial charge >= 0.3 is 5.97 Å². The molecule has 4 atom stereocenters. The van der Waals surface area contributed by atoms with Gasteiger partial charge in [-0.2, -0.15) is 0 Å². The number of likely N-dealkylation sites (tertiary alicyclic amines) is 1. The molecule has 3 rings (SSSR count). The molecule has 0 bridgehead atoms. The molecule has 0 aromatic heterocycles. The molecule has 2 N–H and O–H groups in total. The number of benzene rings is 2. The zero-order valence-corrected chi connectivity index (χ0v) is 30.5. The molecule has 10 heteroatoms. The van der Waals surface area contributed by atoms with Crippen LogP contribution in [0, 0.1) is 5.41 Å². The van der Waals surface area contributed by atoms with Crippen LogP contribution in [0.3, 0.4) is 0 Å². The third-order valence-corrected chi connectivity index (χ3v) is 9.20. The van der Waals surface area contributed by atoms with Crippen molar-refractivity contribution in [2.45, 2.75) is 104 Å². The van der Waals surface area contributed by atoms with Gasteiger partial charge in [0.1, 0.15) is 12.1 Å². The number of rotatable bonds is 13. The lowest BCUT2D eigenvalue weighted by Gasteiger charge is -2.40. The van der Waals surface area contributed by atoms with Crippen LogP contribution in [0.15, 0.2) is 66.2 Å². The summed E-state index contributed by atoms with van der Waals surface area (Å²) in [4.78, 5) is 69.9. The summed E-state index contributed by atoms with van der Waals surface area (Å²) in [7, 11) is 2.91. The Hall–Kier alpha value is -4.31. The number of amides is 3. The number of carbonyl (C=O) groups excluding carboxylic acids is 5. The van der Waals surface area contributed by atoms with Gasteiger partial charge in [0.25, 0.3) is 0 Å². The van der Waals surface area contributed by atoms with Gasteiger partial charge in [0.15, 0.2) is 5.78 Å². The van der Waals surface area contributed by atoms with E-state index in [9.17, 15) is 24.0 Å². The number of hydrogen-bond acceptors (Lipinski definition) is 7. The summed E-state index contributed by atoms with van der Waals surface area (Å²) >= 11 is 0. The number of nitrogens with zero attached hydrogens (tertiary/aromatic N) is 2. The number of hydrogen-bond donors (Lipinski definition) is 2. The van der Waals surface area contributed by atoms with E-state index in [1.807, 2.05) is 26.8 Å². The van der Waals surface area contributed by atoms with Gasteiger partial charge in [-0.15, -0.1) is 0 Å². The Morgan fingerprint density at radius 1 is 0.939 bits per heavy atom. The second-order valence-electron chi connectivity index (χ2n) is 14.3. The third-order valence-electron chi connectivity index (χ3n) is 9.20. The Bertz CT molecular complexity index is 1500. The van der Waals surface area contributed by atoms with Crippen molar-refractivity contribution in [2.75, 3.05) is 20.7 Å². The number of piperidine rings is 1. The molecule has 1 saturated heterocycles. The molecule has 3 unspecified atom stereocenters. The van der Waals surface area contributed by atoms with Gasteiger partial charge in [-0.05, 0) is 58.1 Å². The minimum Gasteiger partial charge on any atom is -0.467 e. The van der Waals surface area contributed by atoms with E-state index in [2.05, 4.69) is 29.4 Å². The summed E-state index contributed by atoms with van der Waals surface area (Å²) in [5.74, 6) is -1.60. The Kier molecular flexibility index (Phi) is 13.9. The molecule has 2 aromatic carbocycles. The highest BCUT2D eigenvalue weighted by atomic mass is 16.5. The van der Waals surface area contributed by atoms with E-state index < -0.39 is 35.4 Å². The maximum absolute atomic E-state index is 13.9. The predicted molar refractivity (Wildman–Crippen MR) is 191 cm³/mol. The molecular weight excluding hydrogens is 620 g/mol. The molecule has 1 aliphatic heterocycles. The lowest BCUT2D eigenvalue weighted by Crippen LogP contribution is -2.60. The van der Waals surface area contributed by atoms with Crippen LogP contribution in [-0.2, 0) is 30.3 Å². The Morgan fingerprint density at radius 3 is 2.12 bits per heavy atom. The molecule has 10 nitrogen and oxygen atoms in total. The van der Waals surface area contributed by atoms with E-state index in [4.69, 9.17) is 4.74 Å². The fraction of sp³-hybridized carbons (Fsp3) is 0.513. The number of esters is 1. The van der Waals surface area contributed by atoms with Crippen molar-refractivity contribution >= 4 is 29.5 Å². The highest BCUT2D eigenvalue weighted by Gasteiger charge is 2.39. The first-order chi connectivity index (χ1) is 23.0. The van der Waals surface area contributed by atoms with Crippen LogP contribution in [0.5, 0.6) is 0 Å². The predicted octanol–water partition coefficient (Wildman–Crippen LogP) is 4.70. The highest BCUT2D eigenvalue weighted by molar-refractivity contribution is 6.09. The lowest BCUT2D eigenvalue weighted by molar-refractivity contribution is -0.144. The second-order valence-corrected chi connectivity index (χ2v) is 14.3. The normalized spacial score (nSPS) is 17.4. The Morgan fingerprint density at radius 2 is 1.55 bits per heavy atom. The Labute approximate surface area is 291 Å². The van der Waals surface area contributed by atoms with Crippen molar-refractivity contribution in [3.05, 3.63) is 82.9 Å². The van der Waals surface area contributed by atoms with Gasteiger partial charge in [-0.1, -0.05) is 87.9 Å². The third kappa shape index (κ3) is 10.6. The van der Waals surface area contributed by atoms with Crippen LogP contribution in [0.2, 0.25) is 0 Å². The Balaban J connectivity index is 1.69. The minimum atomic E-state index is -0.975. The van der Waals surface area contributed by atoms with Crippen molar-refractivity contribution in [3.63, 3.8) is 0 Å². The van der Waals surface area contributed by atoms with Crippen LogP contribution in [0.25, 0.3) is 0 Å². The largest absolute Gasteiger partial charge is 0.467 e. The van der Waals surface area contributed by atoms with Crippen LogP contribution in [0.1, 0.15) is 89.2 Å². The average molecular weight is 675 g/mol. The van der Waals surface area contributed by atoms with Gasteiger partial charge in [-0.25, -0.2) is 4.79 Å². The fourth-order valence-corrected chi connectivity index (χ4v) is 6.09. The zero-order chi connectivity index (χ0) is 36.5. The van der Waals surface area contributed by atoms with E-state index in [0.29, 0.717) is 16.7 Å². The molecule has 1 fully saturated rings. The summed E-state index contributed by atoms with van der Waals surface area (Å²) in [6.45, 7) is 14.2. The molecule has 0 saturated carbocycles. The number of methoxy groups -OCH3 is 1. The number of ketones is 1. The van der Waals surface area contributed by atoms with E-state index in [1.54, 1.807) is 75.5 Å². The number of nitrogens with one attached hydrogen (secondary N) is 2. The van der Waals surface area contributed by atoms with Gasteiger partial charge in [0, 0.05) is 42.3 Å². The second kappa shape index (κ2) is 17.4. The van der Waals surface area contributed by atoms with E-state index >= 15 is 0 Å². The molecule has 2 aromatic rings. The van der Waals surface area contributed by atoms with Crippen molar-refractivity contribution < 1.29 is 28.7 Å². The smallest absolute Gasteiger partial charge is 0.328 e. The first-order valence-electron chi connectivity index (χ1n) is 17.1. The fourth-order valence-electron chi connectivity index (χ4n) is 6.09. The standard InChI is InChI=1S/C39H54N4O6/c1-25(2)43-22-14-13-17-32(43)36(46)41-34(39(5,6)7)37(47)42(8)27(4)23-26(3)35(45)40-31(38(48)49-9)24-28-18-20-30(21-19-28)33(44)29-15-11-10-12-16-29/h10-12,15-16,18-21,23,25,27,31-32,34H,13-14,17,22,24H2,1-9H3,(H,40,45)(H,41,46)/b26-23+/t27-,31?,32?,34?/m0/s1. The topological polar surface area (TPSA) is 125 Å². The summed E-state index contributed by atoms with van der Waals surface area (Å²) in [6, 6.07) is 13.6. The summed E-state index contributed by atoms with van der Waals surface area (Å²) in [6.07, 6.45) is 4.59. The number of carbonyl (C=O) groups is 5. The summed E-state index contributed by atoms with van der Waals surface area (Å²) < 4.78 is 4.97. The van der Waals surface area contributed by atoms with Gasteiger partial charge in [0.2, 0.25) is 17.7 Å². The van der Waals surface area contributed by atoms with Crippen molar-refractivity contribution in [2.24, 2.45) is 5.41 Å². The van der Waals surface area contributed by atoms with Crippen LogP contribution < -0.4 is 10.6 Å². The molecule has 1 aliphatic rings. The van der Waals surface area contributed by atoms with Crippen LogP contribution in [-0.4, -0.2) is 90.2 Å². The average Bonchev–Trinajstić information content (AvgIpc) is 3.08. The summed E-state index contributed by atoms with van der Waals surface area (Å²) in [5, 5.41) is 5.83. The zero-order valence-electron chi connectivity index (χ0n) is 30.5. The first kappa shape index (κ1) is 39.1. The first-order valence-corrected chi connectivity index (χ1v) is 17.1. The molecule has 3 amide bonds. The van der Waals surface area contributed by atoms with Gasteiger partial charge in [0.05, 0.1) is 13.2 Å².